The molecule has 2 fully saturated rings. The normalized spacial score (nSPS) is 19.8. The Bertz CT molecular complexity index is 281. The average Bonchev–Trinajstić information content (AvgIpc) is 2.48. The molecule has 0 bridgehead atoms. The molecule has 0 aromatic heterocycles. The first-order valence-corrected chi connectivity index (χ1v) is 15.2. The fourth-order valence-electron chi connectivity index (χ4n) is 2.43. The summed E-state index contributed by atoms with van der Waals surface area (Å²) in [5, 5.41) is 0. The maximum atomic E-state index is 5.53. The van der Waals surface area contributed by atoms with Crippen molar-refractivity contribution in [3.63, 3.8) is 0 Å². The Morgan fingerprint density at radius 1 is 0.818 bits per heavy atom. The van der Waals surface area contributed by atoms with Gasteiger partial charge in [-0.05, 0) is 37.0 Å². The third-order valence-corrected chi connectivity index (χ3v) is 6.90. The zero-order valence-corrected chi connectivity index (χ0v) is 19.7. The van der Waals surface area contributed by atoms with Gasteiger partial charge in [-0.2, -0.15) is 0 Å². The van der Waals surface area contributed by atoms with Crippen LogP contribution < -0.4 is 0 Å². The third-order valence-electron chi connectivity index (χ3n) is 3.78. The predicted octanol–water partition coefficient (Wildman–Crippen LogP) is 7.07. The smallest absolute Gasteiger partial charge is 0.0264 e. The van der Waals surface area contributed by atoms with Crippen LogP contribution in [0, 0.1) is 0 Å². The molecule has 0 saturated heterocycles. The van der Waals surface area contributed by atoms with Gasteiger partial charge in [0.25, 0.3) is 0 Å². The zero-order valence-electron chi connectivity index (χ0n) is 14.1. The average molecular weight is 472 g/mol. The van der Waals surface area contributed by atoms with Crippen molar-refractivity contribution in [1.29, 1.82) is 0 Å². The molecule has 0 aromatic carbocycles. The summed E-state index contributed by atoms with van der Waals surface area (Å²) < 4.78 is 1.88. The van der Waals surface area contributed by atoms with Gasteiger partial charge in [0.05, 0.1) is 0 Å². The van der Waals surface area contributed by atoms with Crippen molar-refractivity contribution >= 4 is 42.5 Å². The van der Waals surface area contributed by atoms with Gasteiger partial charge in [-0.25, -0.2) is 0 Å². The first-order chi connectivity index (χ1) is 10.4. The van der Waals surface area contributed by atoms with Gasteiger partial charge >= 0.3 is 63.0 Å². The molecule has 0 radical (unpaired) electrons. The molecule has 0 heterocycles. The summed E-state index contributed by atoms with van der Waals surface area (Å²) in [6, 6.07) is 0. The van der Waals surface area contributed by atoms with Gasteiger partial charge in [0.15, 0.2) is 0 Å². The number of hydrogen-bond acceptors (Lipinski definition) is 0. The minimum absolute atomic E-state index is 0.953. The minimum Gasteiger partial charge on any atom is -0.134 e. The van der Waals surface area contributed by atoms with Crippen molar-refractivity contribution < 1.29 is 13.5 Å². The summed E-state index contributed by atoms with van der Waals surface area (Å²) in [5.41, 5.74) is 3.15. The van der Waals surface area contributed by atoms with Gasteiger partial charge in [-0.3, -0.25) is 0 Å². The molecule has 2 aliphatic carbocycles. The molecule has 0 amide bonds. The van der Waals surface area contributed by atoms with E-state index < -0.39 is 13.5 Å². The summed E-state index contributed by atoms with van der Waals surface area (Å²) in [4.78, 5) is 0. The molecule has 5 heteroatoms. The Balaban J connectivity index is 0.000000301. The van der Waals surface area contributed by atoms with E-state index in [1.807, 2.05) is 24.5 Å². The number of rotatable bonds is 1. The fraction of sp³-hybridized carbons (Fsp3) is 0.824. The molecule has 2 unspecified atom stereocenters. The monoisotopic (exact) mass is 472 g/mol. The molecule has 2 rings (SSSR count). The largest absolute Gasteiger partial charge is 0.134 e. The van der Waals surface area contributed by atoms with Crippen molar-refractivity contribution in [2.24, 2.45) is 0 Å². The van der Waals surface area contributed by atoms with E-state index in [4.69, 9.17) is 19.4 Å². The Labute approximate surface area is 156 Å². The van der Waals surface area contributed by atoms with Crippen LogP contribution in [0.25, 0.3) is 0 Å². The molecule has 22 heavy (non-hydrogen) atoms. The van der Waals surface area contributed by atoms with Crippen molar-refractivity contribution in [1.82, 2.24) is 0 Å². The zero-order chi connectivity index (χ0) is 16.8. The van der Waals surface area contributed by atoms with Crippen LogP contribution in [0.5, 0.6) is 0 Å². The summed E-state index contributed by atoms with van der Waals surface area (Å²) in [7, 11) is 16.9. The van der Waals surface area contributed by atoms with Crippen LogP contribution in [0.4, 0.5) is 0 Å². The van der Waals surface area contributed by atoms with Gasteiger partial charge in [-0.15, -0.1) is 18.5 Å². The van der Waals surface area contributed by atoms with Crippen molar-refractivity contribution in [2.75, 3.05) is 0 Å². The molecular formula is C17H34Cl2P2Ru. The van der Waals surface area contributed by atoms with Crippen LogP contribution in [0.15, 0.2) is 11.6 Å². The van der Waals surface area contributed by atoms with E-state index in [0.29, 0.717) is 0 Å². The molecule has 0 spiro atoms. The molecule has 0 nitrogen and oxygen atoms in total. The number of hydrogen-bond donors (Lipinski definition) is 0. The second kappa shape index (κ2) is 16.2. The second-order valence-electron chi connectivity index (χ2n) is 6.36. The van der Waals surface area contributed by atoms with Crippen LogP contribution in [-0.4, -0.2) is 15.9 Å². The molecule has 2 saturated carbocycles. The molecule has 0 aliphatic heterocycles. The van der Waals surface area contributed by atoms with Gasteiger partial charge in [0, 0.05) is 0 Å². The Morgan fingerprint density at radius 3 is 1.32 bits per heavy atom. The second-order valence-corrected chi connectivity index (χ2v) is 14.1. The predicted molar refractivity (Wildman–Crippen MR) is 110 cm³/mol. The van der Waals surface area contributed by atoms with E-state index in [1.165, 1.54) is 69.8 Å². The third kappa shape index (κ3) is 18.0. The van der Waals surface area contributed by atoms with E-state index in [2.05, 4.69) is 18.5 Å². The molecule has 0 N–H and O–H groups in total. The number of allylic oxidation sites excluding steroid dienone is 2. The van der Waals surface area contributed by atoms with E-state index in [1.54, 1.807) is 0 Å². The SMILES string of the molecule is CC(C)=C[CH]=[Ru]([Cl])[Cl].PC1CCCCC1.PC1CCCCC1. The summed E-state index contributed by atoms with van der Waals surface area (Å²) in [6.07, 6.45) is 16.6. The Hall–Kier alpha value is 1.67. The van der Waals surface area contributed by atoms with Gasteiger partial charge in [0.2, 0.25) is 0 Å². The maximum absolute atomic E-state index is 5.53. The van der Waals surface area contributed by atoms with Gasteiger partial charge in [-0.1, -0.05) is 38.5 Å². The molecule has 134 valence electrons. The fourth-order valence-corrected chi connectivity index (χ4v) is 4.70. The van der Waals surface area contributed by atoms with Crippen LogP contribution in [0.1, 0.15) is 78.1 Å². The van der Waals surface area contributed by atoms with Crippen molar-refractivity contribution in [2.45, 2.75) is 89.4 Å². The Morgan fingerprint density at radius 2 is 1.18 bits per heavy atom. The van der Waals surface area contributed by atoms with E-state index in [-0.39, 0.29) is 0 Å². The van der Waals surface area contributed by atoms with Crippen LogP contribution >= 0.6 is 37.9 Å². The van der Waals surface area contributed by atoms with Crippen molar-refractivity contribution in [3.05, 3.63) is 11.6 Å². The maximum Gasteiger partial charge on any atom is -0.0264 e. The van der Waals surface area contributed by atoms with E-state index in [9.17, 15) is 0 Å². The summed E-state index contributed by atoms with van der Waals surface area (Å²) >= 11 is -1.52. The first kappa shape index (κ1) is 23.7. The standard InChI is InChI=1S/2C6H13P.C5H8.2ClH.Ru/c2*7-6-4-2-1-3-5-6;1-4-5(2)3;;;/h2*6H,1-5,7H2;1,4H,2-3H3;2*1H;/q;;;;;+2/p-2. The molecule has 0 aromatic rings. The molecule has 2 atom stereocenters. The van der Waals surface area contributed by atoms with Crippen molar-refractivity contribution in [3.8, 4) is 0 Å². The van der Waals surface area contributed by atoms with Crippen LogP contribution in [-0.2, 0) is 13.5 Å². The molecule has 2 aliphatic rings. The van der Waals surface area contributed by atoms with E-state index >= 15 is 0 Å². The van der Waals surface area contributed by atoms with Gasteiger partial charge in [0.1, 0.15) is 0 Å². The minimum atomic E-state index is -1.52. The van der Waals surface area contributed by atoms with E-state index in [0.717, 1.165) is 11.3 Å². The van der Waals surface area contributed by atoms with Crippen LogP contribution in [0.3, 0.4) is 0 Å². The number of halogens is 2. The first-order valence-electron chi connectivity index (χ1n) is 8.39. The quantitative estimate of drug-likeness (QED) is 0.283. The van der Waals surface area contributed by atoms with Crippen LogP contribution in [0.2, 0.25) is 0 Å². The topological polar surface area (TPSA) is 0 Å². The molecular weight excluding hydrogens is 438 g/mol. The summed E-state index contributed by atoms with van der Waals surface area (Å²) in [6.45, 7) is 4.03. The summed E-state index contributed by atoms with van der Waals surface area (Å²) in [5.74, 6) is 0. The Kier molecular flexibility index (Phi) is 17.4. The van der Waals surface area contributed by atoms with Gasteiger partial charge < -0.3 is 0 Å².